The van der Waals surface area contributed by atoms with Crippen molar-refractivity contribution in [1.82, 2.24) is 14.7 Å². The molecule has 1 atom stereocenters. The third kappa shape index (κ3) is 3.37. The zero-order valence-corrected chi connectivity index (χ0v) is 11.5. The highest BCUT2D eigenvalue weighted by atomic mass is 16.4. The third-order valence-corrected chi connectivity index (χ3v) is 4.09. The van der Waals surface area contributed by atoms with Gasteiger partial charge < -0.3 is 14.9 Å². The Morgan fingerprint density at radius 3 is 2.74 bits per heavy atom. The lowest BCUT2D eigenvalue weighted by Gasteiger charge is -2.44. The van der Waals surface area contributed by atoms with Gasteiger partial charge in [-0.3, -0.25) is 9.69 Å². The number of carboxylic acids is 1. The summed E-state index contributed by atoms with van der Waals surface area (Å²) in [4.78, 5) is 28.8. The molecular formula is C13H23N3O3. The van der Waals surface area contributed by atoms with Crippen molar-refractivity contribution < 1.29 is 14.7 Å². The van der Waals surface area contributed by atoms with E-state index in [1.165, 1.54) is 17.7 Å². The van der Waals surface area contributed by atoms with Crippen LogP contribution in [-0.4, -0.2) is 77.1 Å². The molecule has 6 heteroatoms. The van der Waals surface area contributed by atoms with Gasteiger partial charge in [0, 0.05) is 32.2 Å². The smallest absolute Gasteiger partial charge is 0.323 e. The monoisotopic (exact) mass is 269 g/mol. The van der Waals surface area contributed by atoms with E-state index in [9.17, 15) is 9.59 Å². The van der Waals surface area contributed by atoms with Crippen LogP contribution >= 0.6 is 0 Å². The average Bonchev–Trinajstić information content (AvgIpc) is 2.43. The minimum atomic E-state index is -0.952. The largest absolute Gasteiger partial charge is 0.480 e. The van der Waals surface area contributed by atoms with E-state index in [0.29, 0.717) is 19.1 Å². The molecule has 2 rings (SSSR count). The van der Waals surface area contributed by atoms with E-state index in [2.05, 4.69) is 4.90 Å². The summed E-state index contributed by atoms with van der Waals surface area (Å²) in [7, 11) is 0. The van der Waals surface area contributed by atoms with E-state index >= 15 is 0 Å². The first-order valence-electron chi connectivity index (χ1n) is 7.11. The number of urea groups is 1. The van der Waals surface area contributed by atoms with Crippen LogP contribution in [0.25, 0.3) is 0 Å². The van der Waals surface area contributed by atoms with Crippen LogP contribution < -0.4 is 0 Å². The van der Waals surface area contributed by atoms with Gasteiger partial charge in [-0.25, -0.2) is 4.79 Å². The Bertz CT molecular complexity index is 348. The Morgan fingerprint density at radius 2 is 2.05 bits per heavy atom. The molecule has 108 valence electrons. The number of hydrogen-bond donors (Lipinski definition) is 1. The fourth-order valence-corrected chi connectivity index (χ4v) is 3.01. The second kappa shape index (κ2) is 6.23. The number of hydrogen-bond acceptors (Lipinski definition) is 3. The first-order valence-corrected chi connectivity index (χ1v) is 7.11. The maximum Gasteiger partial charge on any atom is 0.323 e. The lowest BCUT2D eigenvalue weighted by atomic mass is 10.00. The van der Waals surface area contributed by atoms with Gasteiger partial charge in [0.05, 0.1) is 0 Å². The van der Waals surface area contributed by atoms with Crippen LogP contribution in [0, 0.1) is 0 Å². The van der Waals surface area contributed by atoms with E-state index in [-0.39, 0.29) is 12.6 Å². The van der Waals surface area contributed by atoms with Gasteiger partial charge in [0.15, 0.2) is 0 Å². The summed E-state index contributed by atoms with van der Waals surface area (Å²) in [5.74, 6) is -0.952. The number of fused-ring (bicyclic) bond motifs is 1. The first-order chi connectivity index (χ1) is 9.11. The molecule has 2 aliphatic rings. The zero-order chi connectivity index (χ0) is 13.8. The summed E-state index contributed by atoms with van der Waals surface area (Å²) in [5.41, 5.74) is 0. The third-order valence-electron chi connectivity index (χ3n) is 4.09. The minimum absolute atomic E-state index is 0.130. The Kier molecular flexibility index (Phi) is 4.63. The highest BCUT2D eigenvalue weighted by Crippen LogP contribution is 2.21. The molecule has 2 amide bonds. The number of piperidine rings is 1. The number of carboxylic acid groups (broad SMARTS) is 1. The number of rotatable bonds is 3. The van der Waals surface area contributed by atoms with E-state index in [1.807, 2.05) is 11.8 Å². The number of carbonyl (C=O) groups excluding carboxylic acids is 1. The molecule has 6 nitrogen and oxygen atoms in total. The summed E-state index contributed by atoms with van der Waals surface area (Å²) in [6.07, 6.45) is 3.63. The van der Waals surface area contributed by atoms with E-state index < -0.39 is 5.97 Å². The van der Waals surface area contributed by atoms with Crippen LogP contribution in [0.4, 0.5) is 4.79 Å². The molecule has 0 aromatic rings. The number of amides is 2. The lowest BCUT2D eigenvalue weighted by Crippen LogP contribution is -2.58. The SMILES string of the molecule is CCN(CC(=O)O)C(=O)N1CCN2CCCCC2C1. The summed E-state index contributed by atoms with van der Waals surface area (Å²) >= 11 is 0. The van der Waals surface area contributed by atoms with Crippen LogP contribution in [0.2, 0.25) is 0 Å². The van der Waals surface area contributed by atoms with Crippen molar-refractivity contribution in [1.29, 1.82) is 0 Å². The molecule has 2 saturated heterocycles. The first kappa shape index (κ1) is 14.1. The second-order valence-electron chi connectivity index (χ2n) is 5.32. The minimum Gasteiger partial charge on any atom is -0.480 e. The summed E-state index contributed by atoms with van der Waals surface area (Å²) < 4.78 is 0. The molecule has 0 radical (unpaired) electrons. The number of piperazine rings is 1. The topological polar surface area (TPSA) is 64.1 Å². The predicted molar refractivity (Wildman–Crippen MR) is 71.1 cm³/mol. The fourth-order valence-electron chi connectivity index (χ4n) is 3.01. The van der Waals surface area contributed by atoms with Crippen molar-refractivity contribution in [3.05, 3.63) is 0 Å². The van der Waals surface area contributed by atoms with Crippen molar-refractivity contribution in [2.24, 2.45) is 0 Å². The molecule has 0 saturated carbocycles. The van der Waals surface area contributed by atoms with Crippen molar-refractivity contribution in [2.45, 2.75) is 32.2 Å². The van der Waals surface area contributed by atoms with Crippen molar-refractivity contribution in [2.75, 3.05) is 39.3 Å². The quantitative estimate of drug-likeness (QED) is 0.818. The second-order valence-corrected chi connectivity index (χ2v) is 5.32. The highest BCUT2D eigenvalue weighted by molar-refractivity contribution is 5.80. The molecule has 2 aliphatic heterocycles. The molecule has 1 N–H and O–H groups in total. The van der Waals surface area contributed by atoms with Crippen molar-refractivity contribution in [3.8, 4) is 0 Å². The molecule has 2 fully saturated rings. The normalized spacial score (nSPS) is 23.8. The van der Waals surface area contributed by atoms with Crippen molar-refractivity contribution >= 4 is 12.0 Å². The standard InChI is InChI=1S/C13H23N3O3/c1-2-14(10-12(17)18)13(19)16-8-7-15-6-4-3-5-11(15)9-16/h11H,2-10H2,1H3,(H,17,18). The maximum atomic E-state index is 12.3. The Morgan fingerprint density at radius 1 is 1.26 bits per heavy atom. The number of aliphatic carboxylic acids is 1. The number of likely N-dealkylation sites (N-methyl/N-ethyl adjacent to an activating group) is 1. The summed E-state index contributed by atoms with van der Waals surface area (Å²) in [6.45, 7) is 5.56. The van der Waals surface area contributed by atoms with E-state index in [0.717, 1.165) is 26.1 Å². The zero-order valence-electron chi connectivity index (χ0n) is 11.5. The molecule has 19 heavy (non-hydrogen) atoms. The Labute approximate surface area is 114 Å². The molecule has 0 bridgehead atoms. The molecule has 0 aromatic carbocycles. The van der Waals surface area contributed by atoms with Gasteiger partial charge in [-0.15, -0.1) is 0 Å². The van der Waals surface area contributed by atoms with Crippen LogP contribution in [-0.2, 0) is 4.79 Å². The molecule has 1 unspecified atom stereocenters. The van der Waals surface area contributed by atoms with E-state index in [1.54, 1.807) is 0 Å². The molecular weight excluding hydrogens is 246 g/mol. The molecule has 2 heterocycles. The fraction of sp³-hybridized carbons (Fsp3) is 0.846. The van der Waals surface area contributed by atoms with Gasteiger partial charge in [0.25, 0.3) is 0 Å². The van der Waals surface area contributed by atoms with Crippen LogP contribution in [0.5, 0.6) is 0 Å². The van der Waals surface area contributed by atoms with Crippen LogP contribution in [0.1, 0.15) is 26.2 Å². The van der Waals surface area contributed by atoms with Gasteiger partial charge in [-0.1, -0.05) is 6.42 Å². The number of nitrogens with zero attached hydrogens (tertiary/aromatic N) is 3. The summed E-state index contributed by atoms with van der Waals surface area (Å²) in [6, 6.07) is 0.338. The summed E-state index contributed by atoms with van der Waals surface area (Å²) in [5, 5.41) is 8.83. The van der Waals surface area contributed by atoms with Crippen LogP contribution in [0.15, 0.2) is 0 Å². The van der Waals surface area contributed by atoms with Crippen molar-refractivity contribution in [3.63, 3.8) is 0 Å². The van der Waals surface area contributed by atoms with Gasteiger partial charge in [0.2, 0.25) is 0 Å². The molecule has 0 spiro atoms. The molecule has 0 aromatic heterocycles. The van der Waals surface area contributed by atoms with Crippen LogP contribution in [0.3, 0.4) is 0 Å². The number of carbonyl (C=O) groups is 2. The predicted octanol–water partition coefficient (Wildman–Crippen LogP) is 0.683. The van der Waals surface area contributed by atoms with Gasteiger partial charge >= 0.3 is 12.0 Å². The maximum absolute atomic E-state index is 12.3. The molecule has 0 aliphatic carbocycles. The Balaban J connectivity index is 1.93. The lowest BCUT2D eigenvalue weighted by molar-refractivity contribution is -0.137. The van der Waals surface area contributed by atoms with E-state index in [4.69, 9.17) is 5.11 Å². The highest BCUT2D eigenvalue weighted by Gasteiger charge is 2.32. The van der Waals surface area contributed by atoms with Gasteiger partial charge in [-0.05, 0) is 26.3 Å². The Hall–Kier alpha value is -1.30. The van der Waals surface area contributed by atoms with Gasteiger partial charge in [0.1, 0.15) is 6.54 Å². The van der Waals surface area contributed by atoms with Gasteiger partial charge in [-0.2, -0.15) is 0 Å². The average molecular weight is 269 g/mol.